The molecular formula is C14H20N2O. The van der Waals surface area contributed by atoms with E-state index >= 15 is 0 Å². The van der Waals surface area contributed by atoms with Crippen LogP contribution in [0.3, 0.4) is 0 Å². The summed E-state index contributed by atoms with van der Waals surface area (Å²) in [6.07, 6.45) is 3.93. The Morgan fingerprint density at radius 2 is 2.12 bits per heavy atom. The van der Waals surface area contributed by atoms with E-state index in [9.17, 15) is 5.11 Å². The normalized spacial score (nSPS) is 29.2. The number of hydrogen-bond acceptors (Lipinski definition) is 3. The first-order chi connectivity index (χ1) is 8.29. The van der Waals surface area contributed by atoms with Crippen molar-refractivity contribution in [1.29, 1.82) is 0 Å². The number of hydrogen-bond donors (Lipinski definition) is 2. The number of likely N-dealkylation sites (tertiary alicyclic amines) is 1. The molecule has 1 aromatic carbocycles. The van der Waals surface area contributed by atoms with E-state index in [1.807, 2.05) is 12.1 Å². The van der Waals surface area contributed by atoms with Gasteiger partial charge in [0.1, 0.15) is 5.75 Å². The van der Waals surface area contributed by atoms with Crippen molar-refractivity contribution in [2.45, 2.75) is 37.9 Å². The van der Waals surface area contributed by atoms with Gasteiger partial charge in [0, 0.05) is 31.7 Å². The molecule has 2 N–H and O–H groups in total. The highest BCUT2D eigenvalue weighted by Crippen LogP contribution is 2.22. The lowest BCUT2D eigenvalue weighted by Gasteiger charge is -2.24. The number of phenols is 1. The van der Waals surface area contributed by atoms with Crippen molar-refractivity contribution < 1.29 is 5.11 Å². The van der Waals surface area contributed by atoms with Gasteiger partial charge in [-0.3, -0.25) is 4.90 Å². The molecule has 0 saturated carbocycles. The molecule has 2 unspecified atom stereocenters. The number of nitrogens with zero attached hydrogens (tertiary/aromatic N) is 1. The summed E-state index contributed by atoms with van der Waals surface area (Å²) in [5, 5.41) is 13.2. The largest absolute Gasteiger partial charge is 0.508 e. The smallest absolute Gasteiger partial charge is 0.115 e. The molecule has 1 aromatic rings. The highest BCUT2D eigenvalue weighted by Gasteiger charge is 2.28. The fraction of sp³-hybridized carbons (Fsp3) is 0.571. The summed E-state index contributed by atoms with van der Waals surface area (Å²) in [6.45, 7) is 3.27. The van der Waals surface area contributed by atoms with E-state index in [2.05, 4.69) is 16.3 Å². The Kier molecular flexibility index (Phi) is 3.04. The lowest BCUT2D eigenvalue weighted by atomic mass is 10.1. The summed E-state index contributed by atoms with van der Waals surface area (Å²) >= 11 is 0. The third-order valence-electron chi connectivity index (χ3n) is 3.92. The van der Waals surface area contributed by atoms with Crippen molar-refractivity contribution in [2.75, 3.05) is 13.1 Å². The average molecular weight is 232 g/mol. The zero-order chi connectivity index (χ0) is 11.7. The van der Waals surface area contributed by atoms with Crippen LogP contribution in [0.1, 0.15) is 24.8 Å². The van der Waals surface area contributed by atoms with Gasteiger partial charge in [0.05, 0.1) is 0 Å². The molecule has 0 aromatic heterocycles. The lowest BCUT2D eigenvalue weighted by molar-refractivity contribution is 0.250. The maximum absolute atomic E-state index is 9.47. The number of rotatable bonds is 2. The van der Waals surface area contributed by atoms with Crippen LogP contribution >= 0.6 is 0 Å². The summed E-state index contributed by atoms with van der Waals surface area (Å²) in [4.78, 5) is 2.51. The molecule has 2 fully saturated rings. The van der Waals surface area contributed by atoms with Crippen molar-refractivity contribution in [3.05, 3.63) is 29.8 Å². The number of aromatic hydroxyl groups is 1. The first-order valence-electron chi connectivity index (χ1n) is 6.56. The topological polar surface area (TPSA) is 35.5 Å². The van der Waals surface area contributed by atoms with Crippen LogP contribution in [-0.2, 0) is 6.54 Å². The predicted molar refractivity (Wildman–Crippen MR) is 67.9 cm³/mol. The fourth-order valence-corrected chi connectivity index (χ4v) is 3.07. The van der Waals surface area contributed by atoms with Gasteiger partial charge in [-0.25, -0.2) is 0 Å². The van der Waals surface area contributed by atoms with Gasteiger partial charge in [-0.2, -0.15) is 0 Å². The lowest BCUT2D eigenvalue weighted by Crippen LogP contribution is -2.34. The quantitative estimate of drug-likeness (QED) is 0.815. The van der Waals surface area contributed by atoms with E-state index in [4.69, 9.17) is 0 Å². The van der Waals surface area contributed by atoms with Crippen LogP contribution in [0.25, 0.3) is 0 Å². The summed E-state index contributed by atoms with van der Waals surface area (Å²) in [5.41, 5.74) is 1.21. The van der Waals surface area contributed by atoms with Crippen LogP contribution < -0.4 is 5.32 Å². The van der Waals surface area contributed by atoms with E-state index in [0.717, 1.165) is 19.1 Å². The van der Waals surface area contributed by atoms with E-state index in [1.165, 1.54) is 31.4 Å². The molecule has 3 heteroatoms. The minimum Gasteiger partial charge on any atom is -0.508 e. The van der Waals surface area contributed by atoms with Crippen molar-refractivity contribution in [3.63, 3.8) is 0 Å². The van der Waals surface area contributed by atoms with Crippen LogP contribution in [0, 0.1) is 0 Å². The highest BCUT2D eigenvalue weighted by atomic mass is 16.3. The number of nitrogens with one attached hydrogen (secondary N) is 1. The molecule has 3 nitrogen and oxygen atoms in total. The summed E-state index contributed by atoms with van der Waals surface area (Å²) in [5.74, 6) is 0.372. The monoisotopic (exact) mass is 232 g/mol. The third-order valence-corrected chi connectivity index (χ3v) is 3.92. The maximum Gasteiger partial charge on any atom is 0.115 e. The van der Waals surface area contributed by atoms with E-state index < -0.39 is 0 Å². The van der Waals surface area contributed by atoms with Gasteiger partial charge in [-0.05, 0) is 37.0 Å². The first-order valence-corrected chi connectivity index (χ1v) is 6.56. The summed E-state index contributed by atoms with van der Waals surface area (Å²) < 4.78 is 0. The second-order valence-electron chi connectivity index (χ2n) is 5.33. The summed E-state index contributed by atoms with van der Waals surface area (Å²) in [7, 11) is 0. The molecule has 0 aliphatic carbocycles. The Balaban J connectivity index is 1.65. The Labute approximate surface area is 102 Å². The Hall–Kier alpha value is -1.06. The van der Waals surface area contributed by atoms with Crippen LogP contribution in [0.15, 0.2) is 24.3 Å². The molecule has 2 atom stereocenters. The van der Waals surface area contributed by atoms with E-state index in [0.29, 0.717) is 11.8 Å². The van der Waals surface area contributed by atoms with Gasteiger partial charge in [0.15, 0.2) is 0 Å². The fourth-order valence-electron chi connectivity index (χ4n) is 3.07. The van der Waals surface area contributed by atoms with Gasteiger partial charge in [0.2, 0.25) is 0 Å². The van der Waals surface area contributed by atoms with Gasteiger partial charge < -0.3 is 10.4 Å². The van der Waals surface area contributed by atoms with Gasteiger partial charge in [0.25, 0.3) is 0 Å². The molecule has 2 aliphatic rings. The predicted octanol–water partition coefficient (Wildman–Crippen LogP) is 1.72. The molecule has 17 heavy (non-hydrogen) atoms. The molecule has 0 amide bonds. The summed E-state index contributed by atoms with van der Waals surface area (Å²) in [6, 6.07) is 9.05. The van der Waals surface area contributed by atoms with Crippen LogP contribution in [0.5, 0.6) is 5.75 Å². The Morgan fingerprint density at radius 1 is 1.24 bits per heavy atom. The first kappa shape index (κ1) is 11.1. The minimum atomic E-state index is 0.372. The molecule has 0 radical (unpaired) electrons. The molecule has 2 saturated heterocycles. The molecule has 92 valence electrons. The number of benzene rings is 1. The van der Waals surface area contributed by atoms with Crippen molar-refractivity contribution in [1.82, 2.24) is 10.2 Å². The van der Waals surface area contributed by atoms with Crippen LogP contribution in [-0.4, -0.2) is 35.2 Å². The SMILES string of the molecule is Oc1cccc(CN2CCC3CCC(C2)N3)c1. The van der Waals surface area contributed by atoms with Gasteiger partial charge in [-0.15, -0.1) is 0 Å². The van der Waals surface area contributed by atoms with Crippen LogP contribution in [0.2, 0.25) is 0 Å². The second kappa shape index (κ2) is 4.67. The van der Waals surface area contributed by atoms with E-state index in [1.54, 1.807) is 6.07 Å². The molecule has 2 heterocycles. The Bertz CT molecular complexity index is 394. The van der Waals surface area contributed by atoms with Gasteiger partial charge >= 0.3 is 0 Å². The number of fused-ring (bicyclic) bond motifs is 2. The zero-order valence-electron chi connectivity index (χ0n) is 10.1. The molecular weight excluding hydrogens is 212 g/mol. The molecule has 2 bridgehead atoms. The molecule has 3 rings (SSSR count). The van der Waals surface area contributed by atoms with Gasteiger partial charge in [-0.1, -0.05) is 12.1 Å². The van der Waals surface area contributed by atoms with E-state index in [-0.39, 0.29) is 0 Å². The molecule has 2 aliphatic heterocycles. The van der Waals surface area contributed by atoms with Crippen molar-refractivity contribution >= 4 is 0 Å². The van der Waals surface area contributed by atoms with Crippen molar-refractivity contribution in [2.24, 2.45) is 0 Å². The highest BCUT2D eigenvalue weighted by molar-refractivity contribution is 5.27. The van der Waals surface area contributed by atoms with Crippen molar-refractivity contribution in [3.8, 4) is 5.75 Å². The Morgan fingerprint density at radius 3 is 3.00 bits per heavy atom. The average Bonchev–Trinajstić information content (AvgIpc) is 2.63. The molecule has 0 spiro atoms. The minimum absolute atomic E-state index is 0.372. The second-order valence-corrected chi connectivity index (χ2v) is 5.33. The standard InChI is InChI=1S/C14H20N2O/c17-14-3-1-2-11(8-14)9-16-7-6-12-4-5-13(10-16)15-12/h1-3,8,12-13,15,17H,4-7,9-10H2. The third kappa shape index (κ3) is 2.61. The zero-order valence-corrected chi connectivity index (χ0v) is 10.1. The maximum atomic E-state index is 9.47. The number of phenolic OH excluding ortho intramolecular Hbond substituents is 1. The van der Waals surface area contributed by atoms with Crippen LogP contribution in [0.4, 0.5) is 0 Å².